The number of fused-ring (bicyclic) bond motifs is 1. The lowest BCUT2D eigenvalue weighted by molar-refractivity contribution is 0.330. The molecule has 0 bridgehead atoms. The van der Waals surface area contributed by atoms with Gasteiger partial charge in [0, 0.05) is 0 Å². The fourth-order valence-electron chi connectivity index (χ4n) is 3.57. The van der Waals surface area contributed by atoms with Gasteiger partial charge >= 0.3 is 0 Å². The summed E-state index contributed by atoms with van der Waals surface area (Å²) in [5.74, 6) is 1.82. The van der Waals surface area contributed by atoms with E-state index in [9.17, 15) is 0 Å². The Labute approximate surface area is 117 Å². The lowest BCUT2D eigenvalue weighted by Crippen LogP contribution is -2.28. The molecule has 1 aliphatic heterocycles. The van der Waals surface area contributed by atoms with E-state index in [-0.39, 0.29) is 12.4 Å². The molecule has 1 unspecified atom stereocenters. The summed E-state index contributed by atoms with van der Waals surface area (Å²) < 4.78 is 0. The van der Waals surface area contributed by atoms with Crippen LogP contribution < -0.4 is 5.32 Å². The Hall–Kier alpha value is -0.530. The van der Waals surface area contributed by atoms with E-state index < -0.39 is 0 Å². The van der Waals surface area contributed by atoms with Crippen molar-refractivity contribution in [3.05, 3.63) is 34.9 Å². The largest absolute Gasteiger partial charge is 0.317 e. The minimum Gasteiger partial charge on any atom is -0.317 e. The standard InChI is InChI=1S/C16H23N.ClH/c1-12-2-3-14-4-5-15(16(14)10-12)11-13-6-8-17-9-7-13;/h2-3,10,13,15,17H,4-9,11H2,1H3;1H. The van der Waals surface area contributed by atoms with Crippen molar-refractivity contribution in [2.75, 3.05) is 13.1 Å². The molecule has 0 radical (unpaired) electrons. The van der Waals surface area contributed by atoms with Gasteiger partial charge in [0.2, 0.25) is 0 Å². The van der Waals surface area contributed by atoms with Gasteiger partial charge < -0.3 is 5.32 Å². The number of halogens is 1. The molecule has 1 heterocycles. The van der Waals surface area contributed by atoms with Gasteiger partial charge in [0.05, 0.1) is 0 Å². The number of hydrogen-bond acceptors (Lipinski definition) is 1. The number of rotatable bonds is 2. The van der Waals surface area contributed by atoms with Gasteiger partial charge in [0.1, 0.15) is 0 Å². The van der Waals surface area contributed by atoms with Crippen molar-refractivity contribution in [1.82, 2.24) is 5.32 Å². The van der Waals surface area contributed by atoms with Gasteiger partial charge in [0.25, 0.3) is 0 Å². The molecule has 0 saturated carbocycles. The van der Waals surface area contributed by atoms with E-state index in [0.29, 0.717) is 0 Å². The molecule has 18 heavy (non-hydrogen) atoms. The van der Waals surface area contributed by atoms with Crippen LogP contribution in [0.15, 0.2) is 18.2 Å². The summed E-state index contributed by atoms with van der Waals surface area (Å²) in [5, 5.41) is 3.47. The van der Waals surface area contributed by atoms with Gasteiger partial charge in [-0.25, -0.2) is 0 Å². The summed E-state index contributed by atoms with van der Waals surface area (Å²) in [4.78, 5) is 0. The highest BCUT2D eigenvalue weighted by Crippen LogP contribution is 2.39. The van der Waals surface area contributed by atoms with Crippen molar-refractivity contribution in [2.24, 2.45) is 5.92 Å². The Bertz CT molecular complexity index is 396. The first-order valence-corrected chi connectivity index (χ1v) is 7.13. The number of piperidine rings is 1. The molecule has 1 saturated heterocycles. The minimum absolute atomic E-state index is 0. The average Bonchev–Trinajstić information content (AvgIpc) is 2.73. The third kappa shape index (κ3) is 2.89. The molecule has 1 aromatic rings. The zero-order valence-corrected chi connectivity index (χ0v) is 12.1. The van der Waals surface area contributed by atoms with E-state index >= 15 is 0 Å². The first-order valence-electron chi connectivity index (χ1n) is 7.13. The Balaban J connectivity index is 0.00000120. The normalized spacial score (nSPS) is 23.5. The van der Waals surface area contributed by atoms with Crippen LogP contribution in [0.5, 0.6) is 0 Å². The summed E-state index contributed by atoms with van der Waals surface area (Å²) in [6.45, 7) is 4.69. The number of hydrogen-bond donors (Lipinski definition) is 1. The van der Waals surface area contributed by atoms with E-state index in [1.165, 1.54) is 50.8 Å². The van der Waals surface area contributed by atoms with Crippen LogP contribution in [0.4, 0.5) is 0 Å². The second kappa shape index (κ2) is 6.08. The molecule has 0 spiro atoms. The van der Waals surface area contributed by atoms with Crippen LogP contribution in [0.25, 0.3) is 0 Å². The molecule has 1 aromatic carbocycles. The highest BCUT2D eigenvalue weighted by Gasteiger charge is 2.25. The molecule has 1 fully saturated rings. The molecule has 0 amide bonds. The topological polar surface area (TPSA) is 12.0 Å². The van der Waals surface area contributed by atoms with Gasteiger partial charge in [-0.3, -0.25) is 0 Å². The monoisotopic (exact) mass is 265 g/mol. The van der Waals surface area contributed by atoms with Crippen LogP contribution in [0, 0.1) is 12.8 Å². The van der Waals surface area contributed by atoms with Gasteiger partial charge in [-0.1, -0.05) is 23.8 Å². The van der Waals surface area contributed by atoms with Crippen LogP contribution in [0.2, 0.25) is 0 Å². The fraction of sp³-hybridized carbons (Fsp3) is 0.625. The SMILES string of the molecule is Cc1ccc2c(c1)C(CC1CCNCC1)CC2.Cl. The third-order valence-electron chi connectivity index (χ3n) is 4.58. The Kier molecular flexibility index (Phi) is 4.69. The molecule has 0 aromatic heterocycles. The molecule has 2 heteroatoms. The van der Waals surface area contributed by atoms with Gasteiger partial charge in [-0.15, -0.1) is 12.4 Å². The molecule has 1 atom stereocenters. The Morgan fingerprint density at radius 2 is 1.94 bits per heavy atom. The minimum atomic E-state index is 0. The predicted octanol–water partition coefficient (Wildman–Crippen LogP) is 3.84. The highest BCUT2D eigenvalue weighted by molar-refractivity contribution is 5.85. The Morgan fingerprint density at radius 3 is 2.72 bits per heavy atom. The zero-order chi connectivity index (χ0) is 11.7. The highest BCUT2D eigenvalue weighted by atomic mass is 35.5. The van der Waals surface area contributed by atoms with E-state index in [0.717, 1.165) is 11.8 Å². The number of nitrogens with one attached hydrogen (secondary N) is 1. The number of benzene rings is 1. The second-order valence-electron chi connectivity index (χ2n) is 5.87. The first-order chi connectivity index (χ1) is 8.33. The molecule has 1 aliphatic carbocycles. The molecule has 2 aliphatic rings. The summed E-state index contributed by atoms with van der Waals surface area (Å²) in [6, 6.07) is 7.06. The second-order valence-corrected chi connectivity index (χ2v) is 5.87. The van der Waals surface area contributed by atoms with Crippen molar-refractivity contribution in [2.45, 2.75) is 44.9 Å². The van der Waals surface area contributed by atoms with E-state index in [1.54, 1.807) is 11.1 Å². The molecule has 1 nitrogen and oxygen atoms in total. The quantitative estimate of drug-likeness (QED) is 0.857. The molecular weight excluding hydrogens is 242 g/mol. The van der Waals surface area contributed by atoms with Crippen molar-refractivity contribution in [3.8, 4) is 0 Å². The molecular formula is C16H24ClN. The summed E-state index contributed by atoms with van der Waals surface area (Å²) in [6.07, 6.45) is 6.90. The smallest absolute Gasteiger partial charge is 0.00463 e. The summed E-state index contributed by atoms with van der Waals surface area (Å²) >= 11 is 0. The van der Waals surface area contributed by atoms with E-state index in [2.05, 4.69) is 30.4 Å². The lowest BCUT2D eigenvalue weighted by Gasteiger charge is -2.25. The van der Waals surface area contributed by atoms with Gasteiger partial charge in [-0.05, 0) is 75.1 Å². The maximum atomic E-state index is 3.47. The van der Waals surface area contributed by atoms with Crippen molar-refractivity contribution >= 4 is 12.4 Å². The zero-order valence-electron chi connectivity index (χ0n) is 11.2. The van der Waals surface area contributed by atoms with Gasteiger partial charge in [-0.2, -0.15) is 0 Å². The predicted molar refractivity (Wildman–Crippen MR) is 79.7 cm³/mol. The molecule has 3 rings (SSSR count). The average molecular weight is 266 g/mol. The summed E-state index contributed by atoms with van der Waals surface area (Å²) in [5.41, 5.74) is 4.72. The maximum absolute atomic E-state index is 3.47. The number of aryl methyl sites for hydroxylation is 2. The molecule has 1 N–H and O–H groups in total. The van der Waals surface area contributed by atoms with Crippen LogP contribution in [0.3, 0.4) is 0 Å². The Morgan fingerprint density at radius 1 is 1.17 bits per heavy atom. The van der Waals surface area contributed by atoms with Crippen LogP contribution in [-0.2, 0) is 6.42 Å². The van der Waals surface area contributed by atoms with Crippen molar-refractivity contribution in [3.63, 3.8) is 0 Å². The van der Waals surface area contributed by atoms with Crippen LogP contribution in [-0.4, -0.2) is 13.1 Å². The first kappa shape index (κ1) is 13.9. The third-order valence-corrected chi connectivity index (χ3v) is 4.58. The van der Waals surface area contributed by atoms with E-state index in [1.807, 2.05) is 0 Å². The van der Waals surface area contributed by atoms with E-state index in [4.69, 9.17) is 0 Å². The van der Waals surface area contributed by atoms with Crippen molar-refractivity contribution < 1.29 is 0 Å². The summed E-state index contributed by atoms with van der Waals surface area (Å²) in [7, 11) is 0. The fourth-order valence-corrected chi connectivity index (χ4v) is 3.57. The van der Waals surface area contributed by atoms with Crippen LogP contribution >= 0.6 is 12.4 Å². The lowest BCUT2D eigenvalue weighted by atomic mass is 9.85. The van der Waals surface area contributed by atoms with Gasteiger partial charge in [0.15, 0.2) is 0 Å². The van der Waals surface area contributed by atoms with Crippen molar-refractivity contribution in [1.29, 1.82) is 0 Å². The van der Waals surface area contributed by atoms with Crippen LogP contribution in [0.1, 0.15) is 48.3 Å². The maximum Gasteiger partial charge on any atom is -0.00463 e. The molecule has 100 valence electrons.